The van der Waals surface area contributed by atoms with E-state index in [2.05, 4.69) is 69.8 Å². The molecule has 0 atom stereocenters. The van der Waals surface area contributed by atoms with Crippen LogP contribution in [0.1, 0.15) is 19.4 Å². The number of rotatable bonds is 7. The molecule has 0 amide bonds. The number of piperazine rings is 1. The van der Waals surface area contributed by atoms with E-state index in [4.69, 9.17) is 0 Å². The number of aromatic nitrogens is 2. The van der Waals surface area contributed by atoms with Gasteiger partial charge in [-0.1, -0.05) is 31.7 Å². The lowest BCUT2D eigenvalue weighted by molar-refractivity contribution is 0.166. The summed E-state index contributed by atoms with van der Waals surface area (Å²) in [5, 5.41) is 3.60. The van der Waals surface area contributed by atoms with E-state index in [-0.39, 0.29) is 0 Å². The van der Waals surface area contributed by atoms with Crippen LogP contribution >= 0.6 is 0 Å². The average Bonchev–Trinajstić information content (AvgIpc) is 2.73. The second-order valence-electron chi connectivity index (χ2n) is 6.64. The van der Waals surface area contributed by atoms with E-state index in [0.29, 0.717) is 0 Å². The molecule has 0 bridgehead atoms. The number of benzene rings is 1. The summed E-state index contributed by atoms with van der Waals surface area (Å²) >= 11 is 0. The lowest BCUT2D eigenvalue weighted by atomic mass is 10.1. The summed E-state index contributed by atoms with van der Waals surface area (Å²) in [7, 11) is 0. The molecule has 5 nitrogen and oxygen atoms in total. The SMILES string of the molecule is C=C/C=C(\C(=C/C)NCc1ccc2nccnc2c1)N1CCN(CC)CC1. The zero-order valence-corrected chi connectivity index (χ0v) is 16.4. The molecular weight excluding hydrogens is 334 g/mol. The highest BCUT2D eigenvalue weighted by atomic mass is 15.3. The predicted molar refractivity (Wildman–Crippen MR) is 112 cm³/mol. The molecule has 1 aliphatic heterocycles. The Morgan fingerprint density at radius 2 is 1.89 bits per heavy atom. The summed E-state index contributed by atoms with van der Waals surface area (Å²) in [6.07, 6.45) is 9.58. The monoisotopic (exact) mass is 363 g/mol. The van der Waals surface area contributed by atoms with Crippen LogP contribution in [0.3, 0.4) is 0 Å². The van der Waals surface area contributed by atoms with Crippen molar-refractivity contribution in [1.29, 1.82) is 0 Å². The van der Waals surface area contributed by atoms with E-state index in [9.17, 15) is 0 Å². The van der Waals surface area contributed by atoms with E-state index >= 15 is 0 Å². The molecule has 5 heteroatoms. The molecule has 0 spiro atoms. The van der Waals surface area contributed by atoms with Crippen molar-refractivity contribution in [2.45, 2.75) is 20.4 Å². The zero-order valence-electron chi connectivity index (χ0n) is 16.4. The van der Waals surface area contributed by atoms with Gasteiger partial charge in [0.1, 0.15) is 0 Å². The van der Waals surface area contributed by atoms with Gasteiger partial charge < -0.3 is 15.1 Å². The largest absolute Gasteiger partial charge is 0.380 e. The molecular formula is C22H29N5. The van der Waals surface area contributed by atoms with E-state index in [0.717, 1.165) is 56.0 Å². The van der Waals surface area contributed by atoms with Gasteiger partial charge in [-0.3, -0.25) is 9.97 Å². The van der Waals surface area contributed by atoms with Crippen molar-refractivity contribution in [2.24, 2.45) is 0 Å². The number of hydrogen-bond acceptors (Lipinski definition) is 5. The molecule has 1 saturated heterocycles. The molecule has 1 N–H and O–H groups in total. The second-order valence-corrected chi connectivity index (χ2v) is 6.64. The van der Waals surface area contributed by atoms with E-state index in [1.807, 2.05) is 12.1 Å². The minimum atomic E-state index is 0.746. The summed E-state index contributed by atoms with van der Waals surface area (Å²) in [6.45, 7) is 14.4. The summed E-state index contributed by atoms with van der Waals surface area (Å²) in [5.74, 6) is 0. The molecule has 0 aliphatic carbocycles. The van der Waals surface area contributed by atoms with Crippen LogP contribution in [0.4, 0.5) is 0 Å². The summed E-state index contributed by atoms with van der Waals surface area (Å²) in [4.78, 5) is 13.7. The van der Waals surface area contributed by atoms with Crippen molar-refractivity contribution in [1.82, 2.24) is 25.1 Å². The molecule has 1 aliphatic rings. The lowest BCUT2D eigenvalue weighted by Gasteiger charge is -2.37. The zero-order chi connectivity index (χ0) is 19.1. The quantitative estimate of drug-likeness (QED) is 0.765. The van der Waals surface area contributed by atoms with Crippen molar-refractivity contribution in [3.05, 3.63) is 72.4 Å². The van der Waals surface area contributed by atoms with Crippen molar-refractivity contribution in [3.63, 3.8) is 0 Å². The molecule has 1 aromatic heterocycles. The van der Waals surface area contributed by atoms with Gasteiger partial charge in [0.2, 0.25) is 0 Å². The van der Waals surface area contributed by atoms with Gasteiger partial charge in [0.25, 0.3) is 0 Å². The summed E-state index contributed by atoms with van der Waals surface area (Å²) in [6, 6.07) is 6.23. The topological polar surface area (TPSA) is 44.3 Å². The summed E-state index contributed by atoms with van der Waals surface area (Å²) in [5.41, 5.74) is 5.39. The van der Waals surface area contributed by atoms with Crippen LogP contribution in [-0.2, 0) is 6.54 Å². The normalized spacial score (nSPS) is 16.6. The van der Waals surface area contributed by atoms with Crippen LogP contribution in [-0.4, -0.2) is 52.5 Å². The van der Waals surface area contributed by atoms with Gasteiger partial charge in [0.05, 0.1) is 22.4 Å². The van der Waals surface area contributed by atoms with Crippen LogP contribution in [0.2, 0.25) is 0 Å². The first-order valence-electron chi connectivity index (χ1n) is 9.65. The van der Waals surface area contributed by atoms with Crippen LogP contribution in [0.15, 0.2) is 66.8 Å². The lowest BCUT2D eigenvalue weighted by Crippen LogP contribution is -2.46. The minimum Gasteiger partial charge on any atom is -0.380 e. The van der Waals surface area contributed by atoms with Crippen LogP contribution in [0.25, 0.3) is 11.0 Å². The second kappa shape index (κ2) is 9.33. The van der Waals surface area contributed by atoms with Crippen molar-refractivity contribution in [3.8, 4) is 0 Å². The maximum absolute atomic E-state index is 4.40. The van der Waals surface area contributed by atoms with E-state index < -0.39 is 0 Å². The Morgan fingerprint density at radius 1 is 1.15 bits per heavy atom. The Bertz CT molecular complexity index is 831. The van der Waals surface area contributed by atoms with Gasteiger partial charge in [-0.05, 0) is 37.2 Å². The molecule has 3 rings (SSSR count). The van der Waals surface area contributed by atoms with Gasteiger partial charge in [0.15, 0.2) is 0 Å². The Balaban J connectivity index is 1.70. The van der Waals surface area contributed by atoms with E-state index in [1.165, 1.54) is 11.3 Å². The first-order chi connectivity index (χ1) is 13.2. The van der Waals surface area contributed by atoms with Crippen molar-refractivity contribution < 1.29 is 0 Å². The number of nitrogens with one attached hydrogen (secondary N) is 1. The maximum atomic E-state index is 4.40. The van der Waals surface area contributed by atoms with E-state index in [1.54, 1.807) is 12.4 Å². The van der Waals surface area contributed by atoms with Gasteiger partial charge >= 0.3 is 0 Å². The molecule has 0 radical (unpaired) electrons. The van der Waals surface area contributed by atoms with Crippen LogP contribution in [0.5, 0.6) is 0 Å². The first-order valence-corrected chi connectivity index (χ1v) is 9.65. The van der Waals surface area contributed by atoms with Gasteiger partial charge in [-0.15, -0.1) is 0 Å². The Morgan fingerprint density at radius 3 is 2.56 bits per heavy atom. The number of allylic oxidation sites excluding steroid dienone is 3. The highest BCUT2D eigenvalue weighted by molar-refractivity contribution is 5.74. The smallest absolute Gasteiger partial charge is 0.0890 e. The highest BCUT2D eigenvalue weighted by Crippen LogP contribution is 2.18. The molecule has 142 valence electrons. The summed E-state index contributed by atoms with van der Waals surface area (Å²) < 4.78 is 0. The van der Waals surface area contributed by atoms with Gasteiger partial charge in [-0.25, -0.2) is 0 Å². The van der Waals surface area contributed by atoms with Crippen LogP contribution < -0.4 is 5.32 Å². The number of likely N-dealkylation sites (N-methyl/N-ethyl adjacent to an activating group) is 1. The first kappa shape index (κ1) is 19.1. The van der Waals surface area contributed by atoms with Crippen LogP contribution in [0, 0.1) is 0 Å². The fourth-order valence-corrected chi connectivity index (χ4v) is 3.44. The van der Waals surface area contributed by atoms with Gasteiger partial charge in [0, 0.05) is 45.1 Å². The highest BCUT2D eigenvalue weighted by Gasteiger charge is 2.19. The molecule has 2 heterocycles. The number of nitrogens with zero attached hydrogens (tertiary/aromatic N) is 4. The third-order valence-corrected chi connectivity index (χ3v) is 5.02. The van der Waals surface area contributed by atoms with Crippen molar-refractivity contribution >= 4 is 11.0 Å². The third kappa shape index (κ3) is 4.74. The fourth-order valence-electron chi connectivity index (χ4n) is 3.44. The Hall–Kier alpha value is -2.66. The Labute approximate surface area is 162 Å². The molecule has 0 unspecified atom stereocenters. The molecule has 1 aromatic carbocycles. The van der Waals surface area contributed by atoms with Gasteiger partial charge in [-0.2, -0.15) is 0 Å². The Kier molecular flexibility index (Phi) is 6.60. The molecule has 1 fully saturated rings. The standard InChI is InChI=1S/C22H29N5/c1-4-7-22(27-14-12-26(6-3)13-15-27)19(5-2)25-17-18-8-9-20-21(16-18)24-11-10-23-20/h4-5,7-11,16,25H,1,6,12-15,17H2,2-3H3/b19-5+,22-7+. The fraction of sp³-hybridized carbons (Fsp3) is 0.364. The number of hydrogen-bond donors (Lipinski definition) is 1. The molecule has 27 heavy (non-hydrogen) atoms. The third-order valence-electron chi connectivity index (χ3n) is 5.02. The predicted octanol–water partition coefficient (Wildman–Crippen LogP) is 3.33. The minimum absolute atomic E-state index is 0.746. The number of fused-ring (bicyclic) bond motifs is 1. The molecule has 2 aromatic rings. The average molecular weight is 364 g/mol. The maximum Gasteiger partial charge on any atom is 0.0890 e. The molecule has 0 saturated carbocycles. The van der Waals surface area contributed by atoms with Crippen molar-refractivity contribution in [2.75, 3.05) is 32.7 Å².